The summed E-state index contributed by atoms with van der Waals surface area (Å²) in [6.07, 6.45) is 5.43. The van der Waals surface area contributed by atoms with Crippen LogP contribution in [-0.2, 0) is 0 Å². The van der Waals surface area contributed by atoms with E-state index in [1.165, 1.54) is 19.3 Å². The Morgan fingerprint density at radius 1 is 1.35 bits per heavy atom. The van der Waals surface area contributed by atoms with Crippen molar-refractivity contribution in [2.75, 3.05) is 29.9 Å². The number of hydrogen-bond donors (Lipinski definition) is 2. The van der Waals surface area contributed by atoms with Crippen molar-refractivity contribution in [2.24, 2.45) is 0 Å². The van der Waals surface area contributed by atoms with Crippen LogP contribution in [0.4, 0.5) is 16.3 Å². The Labute approximate surface area is 127 Å². The van der Waals surface area contributed by atoms with Gasteiger partial charge >= 0.3 is 6.03 Å². The molecule has 2 amide bonds. The Morgan fingerprint density at radius 2 is 2.10 bits per heavy atom. The van der Waals surface area contributed by atoms with Gasteiger partial charge in [0.05, 0.1) is 18.4 Å². The van der Waals surface area contributed by atoms with E-state index in [0.717, 1.165) is 23.4 Å². The molecule has 1 aromatic rings. The Balaban J connectivity index is 1.87. The topological polar surface area (TPSA) is 57.3 Å². The van der Waals surface area contributed by atoms with Gasteiger partial charge in [-0.25, -0.2) is 9.78 Å². The van der Waals surface area contributed by atoms with Crippen molar-refractivity contribution < 1.29 is 4.79 Å². The van der Waals surface area contributed by atoms with Crippen LogP contribution in [0.2, 0.25) is 0 Å². The number of pyridine rings is 1. The van der Waals surface area contributed by atoms with Crippen molar-refractivity contribution in [3.8, 4) is 0 Å². The quantitative estimate of drug-likeness (QED) is 0.886. The van der Waals surface area contributed by atoms with Gasteiger partial charge in [-0.15, -0.1) is 0 Å². The molecule has 0 atom stereocenters. The lowest BCUT2D eigenvalue weighted by atomic mass is 10.1. The average Bonchev–Trinajstić information content (AvgIpc) is 2.47. The molecular weight excluding hydrogens is 320 g/mol. The summed E-state index contributed by atoms with van der Waals surface area (Å²) in [6, 6.07) is 3.56. The van der Waals surface area contributed by atoms with Gasteiger partial charge in [-0.1, -0.05) is 22.5 Å². The van der Waals surface area contributed by atoms with Gasteiger partial charge in [-0.05, 0) is 31.4 Å². The zero-order valence-corrected chi connectivity index (χ0v) is 12.9. The predicted octanol–water partition coefficient (Wildman–Crippen LogP) is 3.10. The number of carbonyl (C=O) groups is 1. The molecule has 1 aromatic heterocycles. The minimum atomic E-state index is -0.266. The molecule has 1 aliphatic heterocycles. The van der Waals surface area contributed by atoms with E-state index in [1.807, 2.05) is 12.1 Å². The first kappa shape index (κ1) is 14.8. The maximum absolute atomic E-state index is 11.6. The molecule has 2 rings (SSSR count). The summed E-state index contributed by atoms with van der Waals surface area (Å²) in [7, 11) is 0. The first-order valence-electron chi connectivity index (χ1n) is 6.74. The van der Waals surface area contributed by atoms with Crippen LogP contribution in [0.3, 0.4) is 0 Å². The summed E-state index contributed by atoms with van der Waals surface area (Å²) in [6.45, 7) is 6.17. The second-order valence-electron chi connectivity index (χ2n) is 4.78. The second-order valence-corrected chi connectivity index (χ2v) is 5.90. The zero-order chi connectivity index (χ0) is 14.4. The van der Waals surface area contributed by atoms with Crippen LogP contribution in [0.5, 0.6) is 0 Å². The highest BCUT2D eigenvalue weighted by atomic mass is 79.9. The van der Waals surface area contributed by atoms with Crippen molar-refractivity contribution in [3.63, 3.8) is 0 Å². The zero-order valence-electron chi connectivity index (χ0n) is 11.4. The van der Waals surface area contributed by atoms with Gasteiger partial charge in [-0.2, -0.15) is 0 Å². The highest BCUT2D eigenvalue weighted by Gasteiger charge is 2.11. The molecule has 5 nitrogen and oxygen atoms in total. The number of rotatable bonds is 4. The van der Waals surface area contributed by atoms with Crippen molar-refractivity contribution in [2.45, 2.75) is 19.3 Å². The molecule has 0 unspecified atom stereocenters. The number of aromatic nitrogens is 1. The Morgan fingerprint density at radius 3 is 2.70 bits per heavy atom. The average molecular weight is 339 g/mol. The number of piperidine rings is 1. The smallest absolute Gasteiger partial charge is 0.319 e. The van der Waals surface area contributed by atoms with E-state index in [0.29, 0.717) is 12.2 Å². The van der Waals surface area contributed by atoms with Crippen LogP contribution < -0.4 is 15.5 Å². The SMILES string of the molecule is C=C(Br)CNC(=O)Nc1ccc(N2CCCCC2)nc1. The van der Waals surface area contributed by atoms with E-state index in [1.54, 1.807) is 6.20 Å². The summed E-state index contributed by atoms with van der Waals surface area (Å²) in [5.41, 5.74) is 0.684. The number of nitrogens with zero attached hydrogens (tertiary/aromatic N) is 2. The first-order chi connectivity index (χ1) is 9.65. The fourth-order valence-electron chi connectivity index (χ4n) is 2.12. The van der Waals surface area contributed by atoms with Crippen LogP contribution in [0.15, 0.2) is 29.4 Å². The summed E-state index contributed by atoms with van der Waals surface area (Å²) in [5.74, 6) is 0.976. The van der Waals surface area contributed by atoms with Crippen LogP contribution >= 0.6 is 15.9 Å². The van der Waals surface area contributed by atoms with Gasteiger partial charge in [0.25, 0.3) is 0 Å². The number of amides is 2. The molecule has 1 fully saturated rings. The van der Waals surface area contributed by atoms with E-state index in [2.05, 4.69) is 43.0 Å². The van der Waals surface area contributed by atoms with E-state index in [9.17, 15) is 4.79 Å². The van der Waals surface area contributed by atoms with Gasteiger partial charge < -0.3 is 15.5 Å². The molecule has 108 valence electrons. The summed E-state index contributed by atoms with van der Waals surface area (Å²) >= 11 is 3.19. The van der Waals surface area contributed by atoms with E-state index in [-0.39, 0.29) is 6.03 Å². The fraction of sp³-hybridized carbons (Fsp3) is 0.429. The minimum absolute atomic E-state index is 0.266. The molecule has 0 spiro atoms. The Kier molecular flexibility index (Phi) is 5.40. The van der Waals surface area contributed by atoms with Crippen molar-refractivity contribution in [1.29, 1.82) is 0 Å². The second kappa shape index (κ2) is 7.28. The van der Waals surface area contributed by atoms with Gasteiger partial charge in [0.1, 0.15) is 5.82 Å². The molecule has 2 heterocycles. The fourth-order valence-corrected chi connectivity index (χ4v) is 2.26. The molecule has 0 aromatic carbocycles. The highest BCUT2D eigenvalue weighted by Crippen LogP contribution is 2.18. The molecule has 0 saturated carbocycles. The summed E-state index contributed by atoms with van der Waals surface area (Å²) < 4.78 is 0.728. The first-order valence-corrected chi connectivity index (χ1v) is 7.53. The van der Waals surface area contributed by atoms with Gasteiger partial charge in [0.2, 0.25) is 0 Å². The van der Waals surface area contributed by atoms with Crippen molar-refractivity contribution >= 4 is 33.5 Å². The Bertz CT molecular complexity index is 469. The van der Waals surface area contributed by atoms with E-state index >= 15 is 0 Å². The van der Waals surface area contributed by atoms with Gasteiger partial charge in [0, 0.05) is 17.6 Å². The van der Waals surface area contributed by atoms with E-state index < -0.39 is 0 Å². The molecular formula is C14H19BrN4O. The van der Waals surface area contributed by atoms with Crippen molar-refractivity contribution in [3.05, 3.63) is 29.4 Å². The number of nitrogens with one attached hydrogen (secondary N) is 2. The Hall–Kier alpha value is -1.56. The number of carbonyl (C=O) groups excluding carboxylic acids is 1. The van der Waals surface area contributed by atoms with Crippen LogP contribution in [0, 0.1) is 0 Å². The van der Waals surface area contributed by atoms with Crippen molar-refractivity contribution in [1.82, 2.24) is 10.3 Å². The van der Waals surface area contributed by atoms with Crippen LogP contribution in [0.25, 0.3) is 0 Å². The largest absolute Gasteiger partial charge is 0.357 e. The van der Waals surface area contributed by atoms with E-state index in [4.69, 9.17) is 0 Å². The number of halogens is 1. The van der Waals surface area contributed by atoms with Crippen LogP contribution in [-0.4, -0.2) is 30.6 Å². The number of urea groups is 1. The molecule has 2 N–H and O–H groups in total. The summed E-state index contributed by atoms with van der Waals surface area (Å²) in [5, 5.41) is 5.41. The standard InChI is InChI=1S/C14H19BrN4O/c1-11(15)9-17-14(20)18-12-5-6-13(16-10-12)19-7-3-2-4-8-19/h5-6,10H,1-4,7-9H2,(H2,17,18,20). The maximum atomic E-state index is 11.6. The lowest BCUT2D eigenvalue weighted by molar-refractivity contribution is 0.253. The monoisotopic (exact) mass is 338 g/mol. The third-order valence-corrected chi connectivity index (χ3v) is 3.41. The molecule has 1 saturated heterocycles. The molecule has 1 aliphatic rings. The lowest BCUT2D eigenvalue weighted by Gasteiger charge is -2.27. The molecule has 0 bridgehead atoms. The normalized spacial score (nSPS) is 14.8. The maximum Gasteiger partial charge on any atom is 0.319 e. The number of anilines is 2. The third kappa shape index (κ3) is 4.52. The van der Waals surface area contributed by atoms with Crippen LogP contribution in [0.1, 0.15) is 19.3 Å². The van der Waals surface area contributed by atoms with Gasteiger partial charge in [0.15, 0.2) is 0 Å². The highest BCUT2D eigenvalue weighted by molar-refractivity contribution is 9.11. The molecule has 6 heteroatoms. The number of hydrogen-bond acceptors (Lipinski definition) is 3. The third-order valence-electron chi connectivity index (χ3n) is 3.13. The minimum Gasteiger partial charge on any atom is -0.357 e. The summed E-state index contributed by atoms with van der Waals surface area (Å²) in [4.78, 5) is 18.3. The predicted molar refractivity (Wildman–Crippen MR) is 85.4 cm³/mol. The lowest BCUT2D eigenvalue weighted by Crippen LogP contribution is -2.30. The molecule has 0 aliphatic carbocycles. The molecule has 20 heavy (non-hydrogen) atoms. The molecule has 0 radical (unpaired) electrons. The van der Waals surface area contributed by atoms with Gasteiger partial charge in [-0.3, -0.25) is 0 Å².